The van der Waals surface area contributed by atoms with Crippen molar-refractivity contribution < 1.29 is 0 Å². The molecule has 0 aliphatic rings. The van der Waals surface area contributed by atoms with Gasteiger partial charge in [0, 0.05) is 12.4 Å². The quantitative estimate of drug-likeness (QED) is 0.797. The Bertz CT molecular complexity index is 437. The van der Waals surface area contributed by atoms with Crippen LogP contribution >= 0.6 is 39.3 Å². The topological polar surface area (TPSA) is 38.7 Å². The van der Waals surface area contributed by atoms with E-state index in [2.05, 4.69) is 30.9 Å². The number of hydrogen-bond acceptors (Lipinski definition) is 4. The van der Waals surface area contributed by atoms with Gasteiger partial charge in [-0.2, -0.15) is 0 Å². The highest BCUT2D eigenvalue weighted by atomic mass is 79.9. The molecule has 2 heterocycles. The average molecular weight is 303 g/mol. The molecule has 0 amide bonds. The normalized spacial score (nSPS) is 10.3. The first-order chi connectivity index (χ1) is 7.27. The predicted molar refractivity (Wildman–Crippen MR) is 63.1 cm³/mol. The number of nitrogens with zero attached hydrogens (tertiary/aromatic N) is 3. The van der Waals surface area contributed by atoms with Crippen LogP contribution in [-0.2, 0) is 0 Å². The SMILES string of the molecule is Clc1cccnc1Sc1ncncc1Br. The molecule has 2 rings (SSSR count). The van der Waals surface area contributed by atoms with Crippen LogP contribution < -0.4 is 0 Å². The van der Waals surface area contributed by atoms with Gasteiger partial charge < -0.3 is 0 Å². The minimum absolute atomic E-state index is 0.619. The van der Waals surface area contributed by atoms with Crippen molar-refractivity contribution >= 4 is 39.3 Å². The van der Waals surface area contributed by atoms with E-state index in [0.29, 0.717) is 5.02 Å². The minimum atomic E-state index is 0.619. The van der Waals surface area contributed by atoms with Gasteiger partial charge in [0.25, 0.3) is 0 Å². The van der Waals surface area contributed by atoms with E-state index >= 15 is 0 Å². The lowest BCUT2D eigenvalue weighted by Gasteiger charge is -2.02. The van der Waals surface area contributed by atoms with E-state index in [0.717, 1.165) is 14.5 Å². The maximum absolute atomic E-state index is 5.98. The lowest BCUT2D eigenvalue weighted by atomic mass is 10.5. The van der Waals surface area contributed by atoms with Gasteiger partial charge in [-0.25, -0.2) is 15.0 Å². The highest BCUT2D eigenvalue weighted by molar-refractivity contribution is 9.10. The van der Waals surface area contributed by atoms with Gasteiger partial charge in [0.2, 0.25) is 0 Å². The van der Waals surface area contributed by atoms with E-state index < -0.39 is 0 Å². The fraction of sp³-hybridized carbons (Fsp3) is 0. The first kappa shape index (κ1) is 10.9. The third-order valence-corrected chi connectivity index (χ3v) is 3.85. The third kappa shape index (κ3) is 2.68. The molecule has 2 aromatic rings. The van der Waals surface area contributed by atoms with Crippen LogP contribution in [0.4, 0.5) is 0 Å². The predicted octanol–water partition coefficient (Wildman–Crippen LogP) is 3.44. The molecule has 0 aliphatic heterocycles. The Hall–Kier alpha value is -0.650. The Kier molecular flexibility index (Phi) is 3.56. The molecule has 0 radical (unpaired) electrons. The summed E-state index contributed by atoms with van der Waals surface area (Å²) in [6.45, 7) is 0. The number of halogens is 2. The molecule has 6 heteroatoms. The summed E-state index contributed by atoms with van der Waals surface area (Å²) < 4.78 is 0.830. The van der Waals surface area contributed by atoms with Gasteiger partial charge in [0.05, 0.1) is 9.50 Å². The number of aromatic nitrogens is 3. The van der Waals surface area contributed by atoms with Crippen LogP contribution in [0.3, 0.4) is 0 Å². The second kappa shape index (κ2) is 4.92. The molecule has 0 atom stereocenters. The van der Waals surface area contributed by atoms with Crippen LogP contribution in [-0.4, -0.2) is 15.0 Å². The molecule has 0 bridgehead atoms. The molecule has 15 heavy (non-hydrogen) atoms. The smallest absolute Gasteiger partial charge is 0.121 e. The molecule has 0 N–H and O–H groups in total. The standard InChI is InChI=1S/C9H5BrClN3S/c10-6-4-12-5-14-8(6)15-9-7(11)2-1-3-13-9/h1-5H. The van der Waals surface area contributed by atoms with Crippen LogP contribution in [0.25, 0.3) is 0 Å². The molecule has 0 unspecified atom stereocenters. The summed E-state index contributed by atoms with van der Waals surface area (Å²) in [6, 6.07) is 3.59. The van der Waals surface area contributed by atoms with Crippen molar-refractivity contribution in [3.8, 4) is 0 Å². The van der Waals surface area contributed by atoms with Crippen LogP contribution in [0.2, 0.25) is 5.02 Å². The first-order valence-electron chi connectivity index (χ1n) is 4.01. The van der Waals surface area contributed by atoms with Gasteiger partial charge in [0.1, 0.15) is 16.4 Å². The average Bonchev–Trinajstić information content (AvgIpc) is 2.24. The Labute approximate surface area is 104 Å². The second-order valence-corrected chi connectivity index (χ2v) is 4.81. The molecule has 0 spiro atoms. The summed E-state index contributed by atoms with van der Waals surface area (Å²) in [7, 11) is 0. The van der Waals surface area contributed by atoms with Gasteiger partial charge in [-0.05, 0) is 39.8 Å². The highest BCUT2D eigenvalue weighted by Gasteiger charge is 2.07. The number of pyridine rings is 1. The highest BCUT2D eigenvalue weighted by Crippen LogP contribution is 2.33. The Morgan fingerprint density at radius 2 is 2.13 bits per heavy atom. The fourth-order valence-corrected chi connectivity index (χ4v) is 2.33. The van der Waals surface area contributed by atoms with Gasteiger partial charge >= 0.3 is 0 Å². The molecule has 0 saturated carbocycles. The maximum Gasteiger partial charge on any atom is 0.121 e. The van der Waals surface area contributed by atoms with Crippen molar-refractivity contribution in [3.63, 3.8) is 0 Å². The van der Waals surface area contributed by atoms with E-state index in [1.54, 1.807) is 24.5 Å². The van der Waals surface area contributed by atoms with E-state index in [1.807, 2.05) is 0 Å². The monoisotopic (exact) mass is 301 g/mol. The summed E-state index contributed by atoms with van der Waals surface area (Å²) in [6.07, 6.45) is 4.87. The van der Waals surface area contributed by atoms with E-state index in [1.165, 1.54) is 18.1 Å². The Morgan fingerprint density at radius 3 is 2.87 bits per heavy atom. The lowest BCUT2D eigenvalue weighted by Crippen LogP contribution is -1.86. The van der Waals surface area contributed by atoms with Crippen molar-refractivity contribution in [2.24, 2.45) is 0 Å². The molecule has 3 nitrogen and oxygen atoms in total. The summed E-state index contributed by atoms with van der Waals surface area (Å²) in [5.74, 6) is 0. The minimum Gasteiger partial charge on any atom is -0.248 e. The molecule has 0 aliphatic carbocycles. The van der Waals surface area contributed by atoms with Crippen molar-refractivity contribution in [2.75, 3.05) is 0 Å². The van der Waals surface area contributed by atoms with Crippen LogP contribution in [0.15, 0.2) is 45.4 Å². The number of hydrogen-bond donors (Lipinski definition) is 0. The van der Waals surface area contributed by atoms with Gasteiger partial charge in [-0.3, -0.25) is 0 Å². The largest absolute Gasteiger partial charge is 0.248 e. The number of rotatable bonds is 2. The van der Waals surface area contributed by atoms with Gasteiger partial charge in [-0.1, -0.05) is 11.6 Å². The third-order valence-electron chi connectivity index (χ3n) is 1.55. The summed E-state index contributed by atoms with van der Waals surface area (Å²) in [4.78, 5) is 12.2. The summed E-state index contributed by atoms with van der Waals surface area (Å²) in [5.41, 5.74) is 0. The van der Waals surface area contributed by atoms with Crippen LogP contribution in [0, 0.1) is 0 Å². The van der Waals surface area contributed by atoms with Crippen molar-refractivity contribution in [1.82, 2.24) is 15.0 Å². The van der Waals surface area contributed by atoms with Crippen LogP contribution in [0.1, 0.15) is 0 Å². The zero-order chi connectivity index (χ0) is 10.7. The molecule has 0 fully saturated rings. The van der Waals surface area contributed by atoms with E-state index in [9.17, 15) is 0 Å². The fourth-order valence-electron chi connectivity index (χ4n) is 0.914. The van der Waals surface area contributed by atoms with E-state index in [4.69, 9.17) is 11.6 Å². The molecule has 0 saturated heterocycles. The maximum atomic E-state index is 5.98. The summed E-state index contributed by atoms with van der Waals surface area (Å²) in [5, 5.41) is 2.15. The van der Waals surface area contributed by atoms with Gasteiger partial charge in [-0.15, -0.1) is 0 Å². The molecular weight excluding hydrogens is 298 g/mol. The summed E-state index contributed by atoms with van der Waals surface area (Å²) >= 11 is 10.7. The molecule has 2 aromatic heterocycles. The van der Waals surface area contributed by atoms with Gasteiger partial charge in [0.15, 0.2) is 0 Å². The Morgan fingerprint density at radius 1 is 1.27 bits per heavy atom. The first-order valence-corrected chi connectivity index (χ1v) is 6.00. The molecule has 0 aromatic carbocycles. The lowest BCUT2D eigenvalue weighted by molar-refractivity contribution is 1.02. The second-order valence-electron chi connectivity index (χ2n) is 2.57. The van der Waals surface area contributed by atoms with Crippen molar-refractivity contribution in [3.05, 3.63) is 40.3 Å². The van der Waals surface area contributed by atoms with E-state index in [-0.39, 0.29) is 0 Å². The molecular formula is C9H5BrClN3S. The zero-order valence-electron chi connectivity index (χ0n) is 7.39. The zero-order valence-corrected chi connectivity index (χ0v) is 10.6. The molecule has 76 valence electrons. The van der Waals surface area contributed by atoms with Crippen molar-refractivity contribution in [2.45, 2.75) is 10.1 Å². The van der Waals surface area contributed by atoms with Crippen molar-refractivity contribution in [1.29, 1.82) is 0 Å². The van der Waals surface area contributed by atoms with Crippen LogP contribution in [0.5, 0.6) is 0 Å². The Balaban J connectivity index is 2.30.